The molecule has 0 bridgehead atoms. The number of aromatic nitrogens is 3. The Bertz CT molecular complexity index is 954. The summed E-state index contributed by atoms with van der Waals surface area (Å²) in [6.07, 6.45) is 2.38. The third-order valence-corrected chi connectivity index (χ3v) is 5.73. The van der Waals surface area contributed by atoms with E-state index >= 15 is 0 Å². The summed E-state index contributed by atoms with van der Waals surface area (Å²) in [4.78, 5) is 12.3. The quantitative estimate of drug-likeness (QED) is 0.612. The predicted molar refractivity (Wildman–Crippen MR) is 108 cm³/mol. The monoisotopic (exact) mass is 396 g/mol. The highest BCUT2D eigenvalue weighted by Gasteiger charge is 2.29. The largest absolute Gasteiger partial charge is 0.353 e. The fourth-order valence-corrected chi connectivity index (χ4v) is 3.86. The molecule has 0 saturated heterocycles. The molecular formula is C21H21FN4OS. The zero-order valence-corrected chi connectivity index (χ0v) is 16.3. The Balaban J connectivity index is 1.58. The standard InChI is InChI=1S/C21H21FN4OS/c1-14(15-7-8-15)23-19(27)13-28-21-25-24-20(16-9-11-17(22)12-10-16)26(21)18-5-3-2-4-6-18/h2-6,9-12,14-15H,7-8,13H2,1H3,(H,23,27). The molecule has 1 amide bonds. The number of hydrogen-bond donors (Lipinski definition) is 1. The molecule has 1 saturated carbocycles. The molecule has 144 valence electrons. The number of rotatable bonds is 7. The van der Waals surface area contributed by atoms with Gasteiger partial charge in [0.15, 0.2) is 11.0 Å². The second kappa shape index (κ2) is 8.14. The first-order chi connectivity index (χ1) is 13.6. The molecular weight excluding hydrogens is 375 g/mol. The van der Waals surface area contributed by atoms with E-state index in [0.29, 0.717) is 16.9 Å². The summed E-state index contributed by atoms with van der Waals surface area (Å²) in [6.45, 7) is 2.05. The fraction of sp³-hybridized carbons (Fsp3) is 0.286. The van der Waals surface area contributed by atoms with Crippen molar-refractivity contribution in [3.63, 3.8) is 0 Å². The lowest BCUT2D eigenvalue weighted by molar-refractivity contribution is -0.119. The van der Waals surface area contributed by atoms with Crippen LogP contribution in [0.4, 0.5) is 4.39 Å². The van der Waals surface area contributed by atoms with Gasteiger partial charge in [0.25, 0.3) is 0 Å². The zero-order valence-electron chi connectivity index (χ0n) is 15.5. The molecule has 0 spiro atoms. The van der Waals surface area contributed by atoms with Crippen LogP contribution in [0.25, 0.3) is 17.1 Å². The van der Waals surface area contributed by atoms with Crippen molar-refractivity contribution in [1.29, 1.82) is 0 Å². The number of nitrogens with one attached hydrogen (secondary N) is 1. The third kappa shape index (κ3) is 4.25. The van der Waals surface area contributed by atoms with Gasteiger partial charge in [-0.25, -0.2) is 4.39 Å². The van der Waals surface area contributed by atoms with Crippen LogP contribution < -0.4 is 5.32 Å². The van der Waals surface area contributed by atoms with Gasteiger partial charge in [0.1, 0.15) is 5.82 Å². The lowest BCUT2D eigenvalue weighted by Gasteiger charge is -2.13. The maximum Gasteiger partial charge on any atom is 0.230 e. The first-order valence-electron chi connectivity index (χ1n) is 9.31. The molecule has 1 aliphatic carbocycles. The Morgan fingerprint density at radius 1 is 1.18 bits per heavy atom. The molecule has 1 fully saturated rings. The van der Waals surface area contributed by atoms with Gasteiger partial charge in [-0.05, 0) is 62.1 Å². The van der Waals surface area contributed by atoms with E-state index in [1.54, 1.807) is 12.1 Å². The Morgan fingerprint density at radius 2 is 1.89 bits per heavy atom. The van der Waals surface area contributed by atoms with E-state index in [-0.39, 0.29) is 23.5 Å². The van der Waals surface area contributed by atoms with E-state index < -0.39 is 0 Å². The van der Waals surface area contributed by atoms with Crippen LogP contribution in [-0.2, 0) is 4.79 Å². The second-order valence-electron chi connectivity index (χ2n) is 6.97. The molecule has 1 aromatic heterocycles. The van der Waals surface area contributed by atoms with Crippen molar-refractivity contribution in [2.24, 2.45) is 5.92 Å². The minimum absolute atomic E-state index is 0.00431. The number of nitrogens with zero attached hydrogens (tertiary/aromatic N) is 3. The molecule has 3 aromatic rings. The molecule has 1 aliphatic rings. The van der Waals surface area contributed by atoms with Gasteiger partial charge < -0.3 is 5.32 Å². The number of carbonyl (C=O) groups is 1. The van der Waals surface area contributed by atoms with Crippen LogP contribution >= 0.6 is 11.8 Å². The van der Waals surface area contributed by atoms with Gasteiger partial charge in [-0.1, -0.05) is 30.0 Å². The maximum absolute atomic E-state index is 13.3. The van der Waals surface area contributed by atoms with Crippen molar-refractivity contribution in [1.82, 2.24) is 20.1 Å². The van der Waals surface area contributed by atoms with Gasteiger partial charge in [-0.15, -0.1) is 10.2 Å². The fourth-order valence-electron chi connectivity index (χ4n) is 3.10. The van der Waals surface area contributed by atoms with Gasteiger partial charge in [0.2, 0.25) is 5.91 Å². The third-order valence-electron chi connectivity index (χ3n) is 4.80. The first kappa shape index (κ1) is 18.7. The average Bonchev–Trinajstić information content (AvgIpc) is 3.48. The number of carbonyl (C=O) groups excluding carboxylic acids is 1. The Kier molecular flexibility index (Phi) is 5.43. The summed E-state index contributed by atoms with van der Waals surface area (Å²) in [5, 5.41) is 12.3. The predicted octanol–water partition coefficient (Wildman–Crippen LogP) is 4.08. The summed E-state index contributed by atoms with van der Waals surface area (Å²) < 4.78 is 15.2. The van der Waals surface area contributed by atoms with Crippen LogP contribution in [0.1, 0.15) is 19.8 Å². The zero-order chi connectivity index (χ0) is 19.5. The minimum Gasteiger partial charge on any atom is -0.353 e. The van der Waals surface area contributed by atoms with Crippen LogP contribution in [0.15, 0.2) is 59.8 Å². The highest BCUT2D eigenvalue weighted by Crippen LogP contribution is 2.32. The number of benzene rings is 2. The number of halogens is 1. The van der Waals surface area contributed by atoms with Crippen LogP contribution in [0.3, 0.4) is 0 Å². The van der Waals surface area contributed by atoms with Gasteiger partial charge in [-0.3, -0.25) is 9.36 Å². The molecule has 2 aromatic carbocycles. The summed E-state index contributed by atoms with van der Waals surface area (Å²) in [5.74, 6) is 1.19. The van der Waals surface area contributed by atoms with Crippen molar-refractivity contribution in [3.05, 3.63) is 60.4 Å². The Morgan fingerprint density at radius 3 is 2.57 bits per heavy atom. The number of para-hydroxylation sites is 1. The summed E-state index contributed by atoms with van der Waals surface area (Å²) in [6, 6.07) is 16.1. The lowest BCUT2D eigenvalue weighted by atomic mass is 10.2. The van der Waals surface area contributed by atoms with Crippen molar-refractivity contribution in [2.45, 2.75) is 31.0 Å². The first-order valence-corrected chi connectivity index (χ1v) is 10.3. The van der Waals surface area contributed by atoms with E-state index in [1.165, 1.54) is 36.7 Å². The highest BCUT2D eigenvalue weighted by molar-refractivity contribution is 7.99. The molecule has 1 unspecified atom stereocenters. The van der Waals surface area contributed by atoms with Crippen molar-refractivity contribution >= 4 is 17.7 Å². The van der Waals surface area contributed by atoms with E-state index in [1.807, 2.05) is 34.9 Å². The van der Waals surface area contributed by atoms with E-state index in [2.05, 4.69) is 22.4 Å². The molecule has 4 rings (SSSR count). The van der Waals surface area contributed by atoms with Crippen molar-refractivity contribution < 1.29 is 9.18 Å². The van der Waals surface area contributed by atoms with Crippen molar-refractivity contribution in [3.8, 4) is 17.1 Å². The van der Waals surface area contributed by atoms with E-state index in [4.69, 9.17) is 0 Å². The summed E-state index contributed by atoms with van der Waals surface area (Å²) in [5.41, 5.74) is 1.65. The van der Waals surface area contributed by atoms with E-state index in [0.717, 1.165) is 11.3 Å². The summed E-state index contributed by atoms with van der Waals surface area (Å²) >= 11 is 1.35. The van der Waals surface area contributed by atoms with Gasteiger partial charge in [0, 0.05) is 17.3 Å². The molecule has 5 nitrogen and oxygen atoms in total. The number of amides is 1. The Hall–Kier alpha value is -2.67. The van der Waals surface area contributed by atoms with Crippen LogP contribution in [0.5, 0.6) is 0 Å². The average molecular weight is 396 g/mol. The molecule has 1 atom stereocenters. The van der Waals surface area contributed by atoms with Crippen LogP contribution in [0.2, 0.25) is 0 Å². The topological polar surface area (TPSA) is 59.8 Å². The molecule has 7 heteroatoms. The van der Waals surface area contributed by atoms with Crippen molar-refractivity contribution in [2.75, 3.05) is 5.75 Å². The summed E-state index contributed by atoms with van der Waals surface area (Å²) in [7, 11) is 0. The number of hydrogen-bond acceptors (Lipinski definition) is 4. The van der Waals surface area contributed by atoms with Gasteiger partial charge >= 0.3 is 0 Å². The van der Waals surface area contributed by atoms with Gasteiger partial charge in [0.05, 0.1) is 5.75 Å². The normalized spacial score (nSPS) is 14.6. The van der Waals surface area contributed by atoms with Gasteiger partial charge in [-0.2, -0.15) is 0 Å². The Labute approximate surface area is 167 Å². The maximum atomic E-state index is 13.3. The van der Waals surface area contributed by atoms with Crippen LogP contribution in [0, 0.1) is 11.7 Å². The molecule has 0 aliphatic heterocycles. The lowest BCUT2D eigenvalue weighted by Crippen LogP contribution is -2.35. The SMILES string of the molecule is CC(NC(=O)CSc1nnc(-c2ccc(F)cc2)n1-c1ccccc1)C1CC1. The molecule has 28 heavy (non-hydrogen) atoms. The minimum atomic E-state index is -0.300. The molecule has 0 radical (unpaired) electrons. The molecule has 1 heterocycles. The van der Waals surface area contributed by atoms with Crippen LogP contribution in [-0.4, -0.2) is 32.5 Å². The highest BCUT2D eigenvalue weighted by atomic mass is 32.2. The molecule has 1 N–H and O–H groups in total. The van der Waals surface area contributed by atoms with E-state index in [9.17, 15) is 9.18 Å². The smallest absolute Gasteiger partial charge is 0.230 e. The second-order valence-corrected chi connectivity index (χ2v) is 7.91. The number of thioether (sulfide) groups is 1.